The molecule has 102 valence electrons. The Morgan fingerprint density at radius 1 is 1.37 bits per heavy atom. The summed E-state index contributed by atoms with van der Waals surface area (Å²) in [5.41, 5.74) is 2.11. The zero-order valence-electron chi connectivity index (χ0n) is 11.3. The van der Waals surface area contributed by atoms with Crippen molar-refractivity contribution in [1.82, 2.24) is 0 Å². The monoisotopic (exact) mass is 261 g/mol. The summed E-state index contributed by atoms with van der Waals surface area (Å²) in [5, 5.41) is 11.6. The molecule has 0 aliphatic heterocycles. The van der Waals surface area contributed by atoms with Crippen molar-refractivity contribution in [2.45, 2.75) is 26.7 Å². The fraction of sp³-hybridized carbons (Fsp3) is 0.333. The van der Waals surface area contributed by atoms with E-state index >= 15 is 0 Å². The summed E-state index contributed by atoms with van der Waals surface area (Å²) in [5.74, 6) is -1.23. The molecule has 0 radical (unpaired) electrons. The van der Waals surface area contributed by atoms with Crippen molar-refractivity contribution in [3.05, 3.63) is 42.0 Å². The van der Waals surface area contributed by atoms with Gasteiger partial charge in [0.05, 0.1) is 6.42 Å². The van der Waals surface area contributed by atoms with Gasteiger partial charge in [-0.05, 0) is 25.0 Å². The average molecular weight is 261 g/mol. The number of benzene rings is 1. The number of hydrogen-bond donors (Lipinski definition) is 2. The van der Waals surface area contributed by atoms with E-state index in [0.717, 1.165) is 5.57 Å². The molecule has 0 aromatic heterocycles. The Morgan fingerprint density at radius 2 is 2.00 bits per heavy atom. The molecule has 0 bridgehead atoms. The molecule has 0 saturated heterocycles. The Hall–Kier alpha value is -2.10. The summed E-state index contributed by atoms with van der Waals surface area (Å²) in [4.78, 5) is 22.7. The number of carbonyl (C=O) groups is 2. The van der Waals surface area contributed by atoms with Gasteiger partial charge in [0.15, 0.2) is 0 Å². The van der Waals surface area contributed by atoms with Gasteiger partial charge < -0.3 is 10.4 Å². The van der Waals surface area contributed by atoms with Gasteiger partial charge in [-0.2, -0.15) is 0 Å². The maximum atomic E-state index is 12.0. The number of para-hydroxylation sites is 1. The molecule has 0 spiro atoms. The Morgan fingerprint density at radius 3 is 2.58 bits per heavy atom. The molecule has 0 heterocycles. The third kappa shape index (κ3) is 4.95. The second-order valence-corrected chi connectivity index (χ2v) is 4.78. The van der Waals surface area contributed by atoms with Crippen LogP contribution < -0.4 is 5.32 Å². The molecule has 0 fully saturated rings. The highest BCUT2D eigenvalue weighted by Crippen LogP contribution is 2.18. The quantitative estimate of drug-likeness (QED) is 0.774. The number of nitrogens with one attached hydrogen (secondary N) is 1. The Balaban J connectivity index is 2.78. The number of carbonyl (C=O) groups excluding carboxylic acids is 1. The van der Waals surface area contributed by atoms with Crippen LogP contribution in [-0.4, -0.2) is 17.0 Å². The van der Waals surface area contributed by atoms with Crippen LogP contribution in [0.2, 0.25) is 0 Å². The fourth-order valence-electron chi connectivity index (χ4n) is 1.83. The summed E-state index contributed by atoms with van der Waals surface area (Å²) in [6.07, 6.45) is 0.512. The van der Waals surface area contributed by atoms with Crippen molar-refractivity contribution in [3.8, 4) is 0 Å². The number of rotatable bonds is 6. The minimum atomic E-state index is -0.920. The molecule has 0 saturated carbocycles. The van der Waals surface area contributed by atoms with Gasteiger partial charge in [-0.15, -0.1) is 6.58 Å². The molecular weight excluding hydrogens is 242 g/mol. The zero-order valence-corrected chi connectivity index (χ0v) is 11.3. The van der Waals surface area contributed by atoms with Crippen molar-refractivity contribution < 1.29 is 14.7 Å². The van der Waals surface area contributed by atoms with Crippen molar-refractivity contribution in [3.63, 3.8) is 0 Å². The van der Waals surface area contributed by atoms with E-state index in [1.807, 2.05) is 13.8 Å². The van der Waals surface area contributed by atoms with Crippen LogP contribution in [0.5, 0.6) is 0 Å². The first-order chi connectivity index (χ1) is 8.90. The first kappa shape index (κ1) is 15.0. The van der Waals surface area contributed by atoms with E-state index in [-0.39, 0.29) is 18.2 Å². The van der Waals surface area contributed by atoms with Crippen LogP contribution in [0.3, 0.4) is 0 Å². The van der Waals surface area contributed by atoms with Gasteiger partial charge in [0.1, 0.15) is 0 Å². The standard InChI is InChI=1S/C15H19NO3/c1-10(2)8-11(3)15(19)16-13-7-5-4-6-12(13)9-14(17)18/h4-7,11H,1,8-9H2,2-3H3,(H,16,19)(H,17,18). The Labute approximate surface area is 113 Å². The van der Waals surface area contributed by atoms with Gasteiger partial charge in [-0.25, -0.2) is 0 Å². The summed E-state index contributed by atoms with van der Waals surface area (Å²) in [7, 11) is 0. The van der Waals surface area contributed by atoms with Crippen molar-refractivity contribution >= 4 is 17.6 Å². The van der Waals surface area contributed by atoms with E-state index in [4.69, 9.17) is 5.11 Å². The maximum absolute atomic E-state index is 12.0. The normalized spacial score (nSPS) is 11.7. The third-order valence-electron chi connectivity index (χ3n) is 2.72. The predicted molar refractivity (Wildman–Crippen MR) is 75.0 cm³/mol. The number of hydrogen-bond acceptors (Lipinski definition) is 2. The highest BCUT2D eigenvalue weighted by molar-refractivity contribution is 5.93. The second kappa shape index (κ2) is 6.73. The van der Waals surface area contributed by atoms with Gasteiger partial charge in [0.2, 0.25) is 5.91 Å². The average Bonchev–Trinajstić information content (AvgIpc) is 2.30. The van der Waals surface area contributed by atoms with E-state index in [9.17, 15) is 9.59 Å². The summed E-state index contributed by atoms with van der Waals surface area (Å²) in [6, 6.07) is 6.94. The van der Waals surface area contributed by atoms with Gasteiger partial charge in [0.25, 0.3) is 0 Å². The van der Waals surface area contributed by atoms with E-state index in [0.29, 0.717) is 17.7 Å². The van der Waals surface area contributed by atoms with E-state index in [2.05, 4.69) is 11.9 Å². The number of amides is 1. The molecule has 0 aliphatic rings. The van der Waals surface area contributed by atoms with Crippen molar-refractivity contribution in [2.75, 3.05) is 5.32 Å². The van der Waals surface area contributed by atoms with Crippen LogP contribution in [0.4, 0.5) is 5.69 Å². The lowest BCUT2D eigenvalue weighted by Crippen LogP contribution is -2.21. The highest BCUT2D eigenvalue weighted by Gasteiger charge is 2.15. The molecule has 4 heteroatoms. The van der Waals surface area contributed by atoms with Crippen LogP contribution >= 0.6 is 0 Å². The lowest BCUT2D eigenvalue weighted by Gasteiger charge is -2.14. The molecule has 1 aromatic carbocycles. The highest BCUT2D eigenvalue weighted by atomic mass is 16.4. The number of allylic oxidation sites excluding steroid dienone is 1. The van der Waals surface area contributed by atoms with E-state index in [1.54, 1.807) is 24.3 Å². The summed E-state index contributed by atoms with van der Waals surface area (Å²) in [6.45, 7) is 7.48. The lowest BCUT2D eigenvalue weighted by atomic mass is 10.0. The number of carboxylic acids is 1. The van der Waals surface area contributed by atoms with E-state index < -0.39 is 5.97 Å². The molecule has 1 unspecified atom stereocenters. The molecule has 1 aromatic rings. The molecule has 1 amide bonds. The van der Waals surface area contributed by atoms with Gasteiger partial charge in [-0.3, -0.25) is 9.59 Å². The minimum Gasteiger partial charge on any atom is -0.481 e. The van der Waals surface area contributed by atoms with E-state index in [1.165, 1.54) is 0 Å². The van der Waals surface area contributed by atoms with Gasteiger partial charge >= 0.3 is 5.97 Å². The van der Waals surface area contributed by atoms with Crippen molar-refractivity contribution in [1.29, 1.82) is 0 Å². The predicted octanol–water partition coefficient (Wildman–Crippen LogP) is 2.85. The fourth-order valence-corrected chi connectivity index (χ4v) is 1.83. The first-order valence-corrected chi connectivity index (χ1v) is 6.15. The molecule has 1 atom stereocenters. The second-order valence-electron chi connectivity index (χ2n) is 4.78. The van der Waals surface area contributed by atoms with Crippen LogP contribution in [0.1, 0.15) is 25.8 Å². The molecule has 19 heavy (non-hydrogen) atoms. The molecule has 1 rings (SSSR count). The zero-order chi connectivity index (χ0) is 14.4. The van der Waals surface area contributed by atoms with Crippen molar-refractivity contribution in [2.24, 2.45) is 5.92 Å². The van der Waals surface area contributed by atoms with Crippen LogP contribution in [0.25, 0.3) is 0 Å². The molecule has 0 aliphatic carbocycles. The minimum absolute atomic E-state index is 0.106. The van der Waals surface area contributed by atoms with Crippen LogP contribution in [0, 0.1) is 5.92 Å². The molecule has 4 nitrogen and oxygen atoms in total. The number of aliphatic carboxylic acids is 1. The smallest absolute Gasteiger partial charge is 0.307 e. The van der Waals surface area contributed by atoms with Gasteiger partial charge in [-0.1, -0.05) is 30.7 Å². The van der Waals surface area contributed by atoms with Crippen LogP contribution in [0.15, 0.2) is 36.4 Å². The largest absolute Gasteiger partial charge is 0.481 e. The third-order valence-corrected chi connectivity index (χ3v) is 2.72. The summed E-state index contributed by atoms with van der Waals surface area (Å²) < 4.78 is 0. The Kier molecular flexibility index (Phi) is 5.30. The SMILES string of the molecule is C=C(C)CC(C)C(=O)Nc1ccccc1CC(=O)O. The van der Waals surface area contributed by atoms with Gasteiger partial charge in [0, 0.05) is 11.6 Å². The van der Waals surface area contributed by atoms with Crippen LogP contribution in [-0.2, 0) is 16.0 Å². The topological polar surface area (TPSA) is 66.4 Å². The first-order valence-electron chi connectivity index (χ1n) is 6.15. The number of anilines is 1. The summed E-state index contributed by atoms with van der Waals surface area (Å²) >= 11 is 0. The maximum Gasteiger partial charge on any atom is 0.307 e. The lowest BCUT2D eigenvalue weighted by molar-refractivity contribution is -0.136. The number of carboxylic acid groups (broad SMARTS) is 1. The molecule has 2 N–H and O–H groups in total. The Bertz CT molecular complexity index is 494. The molecular formula is C15H19NO3.